The third-order valence-corrected chi connectivity index (χ3v) is 9.97. The summed E-state index contributed by atoms with van der Waals surface area (Å²) in [6.45, 7) is 3.58. The summed E-state index contributed by atoms with van der Waals surface area (Å²) in [7, 11) is -7.97. The van der Waals surface area contributed by atoms with E-state index in [2.05, 4.69) is 19.2 Å². The zero-order valence-corrected chi connectivity index (χ0v) is 21.7. The van der Waals surface area contributed by atoms with E-state index in [4.69, 9.17) is 0 Å². The topological polar surface area (TPSA) is 104 Å². The number of rotatable bonds is 7. The van der Waals surface area contributed by atoms with Crippen molar-refractivity contribution in [2.24, 2.45) is 0 Å². The Morgan fingerprint density at radius 1 is 0.778 bits per heavy atom. The second-order valence-corrected chi connectivity index (χ2v) is 12.7. The first kappa shape index (κ1) is 26.0. The van der Waals surface area contributed by atoms with Gasteiger partial charge in [-0.15, -0.1) is 0 Å². The highest BCUT2D eigenvalue weighted by Gasteiger charge is 2.43. The number of anilines is 1. The van der Waals surface area contributed by atoms with Crippen LogP contribution in [0.15, 0.2) is 94.7 Å². The van der Waals surface area contributed by atoms with E-state index in [1.165, 1.54) is 28.6 Å². The highest BCUT2D eigenvalue weighted by Crippen LogP contribution is 2.26. The van der Waals surface area contributed by atoms with Crippen LogP contribution in [0.25, 0.3) is 0 Å². The molecule has 0 radical (unpaired) electrons. The summed E-state index contributed by atoms with van der Waals surface area (Å²) < 4.78 is 55.8. The first-order valence-corrected chi connectivity index (χ1v) is 14.5. The SMILES string of the molecule is CC(C)c1ccc(NC(=O)[C@@H]2CN(S(=O)(=O)c3ccccc3)CCN2S(=O)(=O)c2ccccc2)cc1. The fourth-order valence-corrected chi connectivity index (χ4v) is 7.16. The van der Waals surface area contributed by atoms with Crippen molar-refractivity contribution in [1.82, 2.24) is 8.61 Å². The maximum absolute atomic E-state index is 13.5. The number of benzene rings is 3. The molecular weight excluding hydrogens is 498 g/mol. The first-order valence-electron chi connectivity index (χ1n) is 11.6. The van der Waals surface area contributed by atoms with Crippen LogP contribution in [-0.2, 0) is 24.8 Å². The first-order chi connectivity index (χ1) is 17.1. The van der Waals surface area contributed by atoms with Gasteiger partial charge >= 0.3 is 0 Å². The van der Waals surface area contributed by atoms with Gasteiger partial charge in [-0.05, 0) is 47.9 Å². The second-order valence-electron chi connectivity index (χ2n) is 8.89. The number of nitrogens with one attached hydrogen (secondary N) is 1. The van der Waals surface area contributed by atoms with Crippen molar-refractivity contribution in [2.45, 2.75) is 35.6 Å². The molecule has 8 nitrogen and oxygen atoms in total. The van der Waals surface area contributed by atoms with Gasteiger partial charge in [-0.2, -0.15) is 8.61 Å². The Kier molecular flexibility index (Phi) is 7.60. The normalized spacial score (nSPS) is 17.7. The van der Waals surface area contributed by atoms with Crippen molar-refractivity contribution < 1.29 is 21.6 Å². The van der Waals surface area contributed by atoms with Crippen molar-refractivity contribution in [1.29, 1.82) is 0 Å². The molecule has 1 fully saturated rings. The minimum absolute atomic E-state index is 0.0449. The molecule has 3 aromatic rings. The van der Waals surface area contributed by atoms with Gasteiger partial charge in [-0.25, -0.2) is 16.8 Å². The van der Waals surface area contributed by atoms with E-state index in [9.17, 15) is 21.6 Å². The molecule has 4 rings (SSSR count). The highest BCUT2D eigenvalue weighted by molar-refractivity contribution is 7.89. The molecule has 190 valence electrons. The van der Waals surface area contributed by atoms with E-state index in [1.807, 2.05) is 12.1 Å². The van der Waals surface area contributed by atoms with Gasteiger partial charge in [0.2, 0.25) is 26.0 Å². The van der Waals surface area contributed by atoms with E-state index in [0.717, 1.165) is 9.87 Å². The standard InChI is InChI=1S/C26H29N3O5S2/c1-20(2)21-13-15-22(16-14-21)27-26(30)25-19-28(35(31,32)23-9-5-3-6-10-23)17-18-29(25)36(33,34)24-11-7-4-8-12-24/h3-16,20,25H,17-19H2,1-2H3,(H,27,30)/t25-/m0/s1. The zero-order chi connectivity index (χ0) is 25.9. The Hall–Kier alpha value is -3.05. The van der Waals surface area contributed by atoms with Gasteiger partial charge < -0.3 is 5.32 Å². The van der Waals surface area contributed by atoms with Crippen LogP contribution in [0.1, 0.15) is 25.3 Å². The maximum atomic E-state index is 13.5. The fourth-order valence-electron chi connectivity index (χ4n) is 4.11. The molecule has 0 bridgehead atoms. The van der Waals surface area contributed by atoms with Gasteiger partial charge in [-0.3, -0.25) is 4.79 Å². The third kappa shape index (κ3) is 5.36. The summed E-state index contributed by atoms with van der Waals surface area (Å²) in [5.74, 6) is -0.281. The van der Waals surface area contributed by atoms with E-state index >= 15 is 0 Å². The maximum Gasteiger partial charge on any atom is 0.244 e. The highest BCUT2D eigenvalue weighted by atomic mass is 32.2. The molecular formula is C26H29N3O5S2. The van der Waals surface area contributed by atoms with Crippen molar-refractivity contribution in [3.8, 4) is 0 Å². The van der Waals surface area contributed by atoms with E-state index < -0.39 is 32.0 Å². The number of sulfonamides is 2. The minimum atomic E-state index is -4.05. The zero-order valence-electron chi connectivity index (χ0n) is 20.1. The Bertz CT molecular complexity index is 1410. The summed E-state index contributed by atoms with van der Waals surface area (Å²) in [6.07, 6.45) is 0. The van der Waals surface area contributed by atoms with Gasteiger partial charge in [0.05, 0.1) is 9.79 Å². The van der Waals surface area contributed by atoms with Crippen LogP contribution in [0.4, 0.5) is 5.69 Å². The average molecular weight is 528 g/mol. The lowest BCUT2D eigenvalue weighted by atomic mass is 10.0. The molecule has 0 aliphatic carbocycles. The number of hydrogen-bond donors (Lipinski definition) is 1. The molecule has 0 unspecified atom stereocenters. The Balaban J connectivity index is 1.66. The second kappa shape index (κ2) is 10.5. The van der Waals surface area contributed by atoms with Crippen molar-refractivity contribution in [3.05, 3.63) is 90.5 Å². The summed E-state index contributed by atoms with van der Waals surface area (Å²) in [5.41, 5.74) is 1.60. The molecule has 1 aliphatic rings. The van der Waals surface area contributed by atoms with Crippen LogP contribution in [-0.4, -0.2) is 57.0 Å². The molecule has 1 amide bonds. The lowest BCUT2D eigenvalue weighted by Gasteiger charge is -2.38. The van der Waals surface area contributed by atoms with Crippen molar-refractivity contribution in [2.75, 3.05) is 25.0 Å². The Labute approximate surface area is 212 Å². The van der Waals surface area contributed by atoms with Crippen LogP contribution in [0.5, 0.6) is 0 Å². The molecule has 0 spiro atoms. The van der Waals surface area contributed by atoms with Crippen LogP contribution >= 0.6 is 0 Å². The molecule has 0 aromatic heterocycles. The van der Waals surface area contributed by atoms with Crippen LogP contribution < -0.4 is 5.32 Å². The molecule has 10 heteroatoms. The molecule has 1 saturated heterocycles. The van der Waals surface area contributed by atoms with Gasteiger partial charge in [-0.1, -0.05) is 62.4 Å². The van der Waals surface area contributed by atoms with Gasteiger partial charge in [0.15, 0.2) is 0 Å². The molecule has 1 atom stereocenters. The van der Waals surface area contributed by atoms with Crippen molar-refractivity contribution in [3.63, 3.8) is 0 Å². The molecule has 1 aliphatic heterocycles. The van der Waals surface area contributed by atoms with Crippen LogP contribution in [0, 0.1) is 0 Å². The predicted molar refractivity (Wildman–Crippen MR) is 138 cm³/mol. The largest absolute Gasteiger partial charge is 0.325 e. The van der Waals surface area contributed by atoms with Crippen LogP contribution in [0.3, 0.4) is 0 Å². The molecule has 3 aromatic carbocycles. The minimum Gasteiger partial charge on any atom is -0.325 e. The number of piperazine rings is 1. The smallest absolute Gasteiger partial charge is 0.244 e. The summed E-state index contributed by atoms with van der Waals surface area (Å²) in [6, 6.07) is 21.8. The molecule has 1 heterocycles. The Morgan fingerprint density at radius 2 is 1.31 bits per heavy atom. The van der Waals surface area contributed by atoms with E-state index in [0.29, 0.717) is 11.6 Å². The monoisotopic (exact) mass is 527 g/mol. The number of amides is 1. The molecule has 36 heavy (non-hydrogen) atoms. The number of carbonyl (C=O) groups is 1. The van der Waals surface area contributed by atoms with Gasteiger partial charge in [0.1, 0.15) is 6.04 Å². The number of nitrogens with zero attached hydrogens (tertiary/aromatic N) is 2. The fraction of sp³-hybridized carbons (Fsp3) is 0.269. The molecule has 1 N–H and O–H groups in total. The van der Waals surface area contributed by atoms with E-state index in [-0.39, 0.29) is 29.4 Å². The van der Waals surface area contributed by atoms with Gasteiger partial charge in [0, 0.05) is 25.3 Å². The summed E-state index contributed by atoms with van der Waals surface area (Å²) in [4.78, 5) is 13.6. The molecule has 0 saturated carbocycles. The number of hydrogen-bond acceptors (Lipinski definition) is 5. The van der Waals surface area contributed by atoms with Crippen LogP contribution in [0.2, 0.25) is 0 Å². The summed E-state index contributed by atoms with van der Waals surface area (Å²) >= 11 is 0. The quantitative estimate of drug-likeness (QED) is 0.506. The lowest BCUT2D eigenvalue weighted by molar-refractivity contribution is -0.120. The third-order valence-electron chi connectivity index (χ3n) is 6.17. The Morgan fingerprint density at radius 3 is 1.83 bits per heavy atom. The lowest BCUT2D eigenvalue weighted by Crippen LogP contribution is -2.60. The predicted octanol–water partition coefficient (Wildman–Crippen LogP) is 3.51. The number of carbonyl (C=O) groups excluding carboxylic acids is 1. The van der Waals surface area contributed by atoms with E-state index in [1.54, 1.807) is 48.5 Å². The van der Waals surface area contributed by atoms with Gasteiger partial charge in [0.25, 0.3) is 0 Å². The summed E-state index contributed by atoms with van der Waals surface area (Å²) in [5, 5.41) is 2.78. The average Bonchev–Trinajstić information content (AvgIpc) is 2.89. The van der Waals surface area contributed by atoms with Crippen molar-refractivity contribution >= 4 is 31.6 Å².